The summed E-state index contributed by atoms with van der Waals surface area (Å²) in [5.74, 6) is -1.55. The fourth-order valence-corrected chi connectivity index (χ4v) is 0.833. The van der Waals surface area contributed by atoms with Gasteiger partial charge in [0.25, 0.3) is 5.91 Å². The number of aromatic carboxylic acids is 1. The molecule has 1 aromatic rings. The molecule has 0 aliphatic rings. The molecular weight excluding hydrogens is 174 g/mol. The second-order valence-corrected chi connectivity index (χ2v) is 2.31. The normalized spacial score (nSPS) is 9.62. The quantitative estimate of drug-likeness (QED) is 0.572. The van der Waals surface area contributed by atoms with Gasteiger partial charge in [0.05, 0.1) is 6.54 Å². The average Bonchev–Trinajstić information content (AvgIpc) is 2.52. The standard InChI is InChI=1S/C7H9N3O3/c8-4-6(11)9-10-3-1-2-5(10)7(12)13/h1-3H,4,8H2,(H,9,11)(H,12,13). The van der Waals surface area contributed by atoms with E-state index in [0.717, 1.165) is 4.68 Å². The molecule has 0 radical (unpaired) electrons. The first kappa shape index (κ1) is 9.27. The van der Waals surface area contributed by atoms with Gasteiger partial charge >= 0.3 is 5.97 Å². The highest BCUT2D eigenvalue weighted by molar-refractivity contribution is 5.89. The molecule has 4 N–H and O–H groups in total. The third kappa shape index (κ3) is 2.06. The van der Waals surface area contributed by atoms with Crippen LogP contribution in [0.15, 0.2) is 18.3 Å². The summed E-state index contributed by atoms with van der Waals surface area (Å²) in [7, 11) is 0. The second kappa shape index (κ2) is 3.72. The second-order valence-electron chi connectivity index (χ2n) is 2.31. The lowest BCUT2D eigenvalue weighted by Gasteiger charge is -2.06. The first-order valence-corrected chi connectivity index (χ1v) is 3.55. The van der Waals surface area contributed by atoms with Crippen molar-refractivity contribution in [3.05, 3.63) is 24.0 Å². The van der Waals surface area contributed by atoms with Gasteiger partial charge in [-0.2, -0.15) is 0 Å². The summed E-state index contributed by atoms with van der Waals surface area (Å²) in [4.78, 5) is 21.4. The molecule has 0 atom stereocenters. The molecule has 1 heterocycles. The Morgan fingerprint density at radius 1 is 1.62 bits per heavy atom. The zero-order chi connectivity index (χ0) is 9.84. The zero-order valence-electron chi connectivity index (χ0n) is 6.73. The van der Waals surface area contributed by atoms with E-state index in [4.69, 9.17) is 10.8 Å². The lowest BCUT2D eigenvalue weighted by molar-refractivity contribution is -0.115. The Morgan fingerprint density at radius 3 is 2.85 bits per heavy atom. The minimum Gasteiger partial charge on any atom is -0.477 e. The van der Waals surface area contributed by atoms with Crippen LogP contribution in [0.5, 0.6) is 0 Å². The Kier molecular flexibility index (Phi) is 2.65. The number of carboxylic acid groups (broad SMARTS) is 1. The highest BCUT2D eigenvalue weighted by Crippen LogP contribution is 1.98. The third-order valence-electron chi connectivity index (χ3n) is 1.40. The van der Waals surface area contributed by atoms with E-state index in [1.54, 1.807) is 0 Å². The van der Waals surface area contributed by atoms with E-state index >= 15 is 0 Å². The molecule has 0 fully saturated rings. The van der Waals surface area contributed by atoms with Crippen molar-refractivity contribution in [2.45, 2.75) is 0 Å². The number of carbonyl (C=O) groups is 2. The molecule has 0 bridgehead atoms. The van der Waals surface area contributed by atoms with E-state index < -0.39 is 11.9 Å². The molecule has 0 spiro atoms. The van der Waals surface area contributed by atoms with Gasteiger partial charge in [0.2, 0.25) is 0 Å². The Balaban J connectivity index is 2.82. The van der Waals surface area contributed by atoms with E-state index in [9.17, 15) is 9.59 Å². The van der Waals surface area contributed by atoms with Crippen LogP contribution in [-0.2, 0) is 4.79 Å². The fourth-order valence-electron chi connectivity index (χ4n) is 0.833. The average molecular weight is 183 g/mol. The molecule has 6 nitrogen and oxygen atoms in total. The Bertz CT molecular complexity index is 331. The van der Waals surface area contributed by atoms with Crippen molar-refractivity contribution in [3.63, 3.8) is 0 Å². The summed E-state index contributed by atoms with van der Waals surface area (Å²) in [6.45, 7) is -0.183. The van der Waals surface area contributed by atoms with Crippen LogP contribution in [-0.4, -0.2) is 28.2 Å². The SMILES string of the molecule is NCC(=O)Nn1cccc1C(=O)O. The molecule has 0 aromatic carbocycles. The fraction of sp³-hybridized carbons (Fsp3) is 0.143. The van der Waals surface area contributed by atoms with E-state index in [1.165, 1.54) is 18.3 Å². The highest BCUT2D eigenvalue weighted by atomic mass is 16.4. The lowest BCUT2D eigenvalue weighted by Crippen LogP contribution is -2.30. The molecule has 0 aliphatic heterocycles. The predicted molar refractivity (Wildman–Crippen MR) is 44.8 cm³/mol. The molecule has 1 rings (SSSR count). The summed E-state index contributed by atoms with van der Waals surface area (Å²) < 4.78 is 1.11. The third-order valence-corrected chi connectivity index (χ3v) is 1.40. The van der Waals surface area contributed by atoms with Gasteiger partial charge in [0.1, 0.15) is 5.69 Å². The maximum atomic E-state index is 10.8. The highest BCUT2D eigenvalue weighted by Gasteiger charge is 2.09. The Labute approximate surface area is 73.9 Å². The number of nitrogens with one attached hydrogen (secondary N) is 1. The number of nitrogens with zero attached hydrogens (tertiary/aromatic N) is 1. The molecule has 0 saturated carbocycles. The van der Waals surface area contributed by atoms with Gasteiger partial charge in [0, 0.05) is 6.20 Å². The van der Waals surface area contributed by atoms with E-state index in [-0.39, 0.29) is 12.2 Å². The van der Waals surface area contributed by atoms with Gasteiger partial charge in [0.15, 0.2) is 0 Å². The Morgan fingerprint density at radius 2 is 2.31 bits per heavy atom. The smallest absolute Gasteiger partial charge is 0.354 e. The van der Waals surface area contributed by atoms with Crippen LogP contribution >= 0.6 is 0 Å². The zero-order valence-corrected chi connectivity index (χ0v) is 6.73. The van der Waals surface area contributed by atoms with Crippen LogP contribution in [0.1, 0.15) is 10.5 Å². The topological polar surface area (TPSA) is 97.4 Å². The summed E-state index contributed by atoms with van der Waals surface area (Å²) in [5, 5.41) is 8.64. The largest absolute Gasteiger partial charge is 0.477 e. The van der Waals surface area contributed by atoms with E-state index in [1.807, 2.05) is 0 Å². The monoisotopic (exact) mass is 183 g/mol. The number of nitrogens with two attached hydrogens (primary N) is 1. The number of aromatic nitrogens is 1. The van der Waals surface area contributed by atoms with Crippen molar-refractivity contribution in [3.8, 4) is 0 Å². The lowest BCUT2D eigenvalue weighted by atomic mass is 10.4. The minimum atomic E-state index is -1.11. The maximum Gasteiger partial charge on any atom is 0.354 e. The molecule has 0 saturated heterocycles. The van der Waals surface area contributed by atoms with Crippen LogP contribution in [0.25, 0.3) is 0 Å². The van der Waals surface area contributed by atoms with Gasteiger partial charge in [-0.25, -0.2) is 4.79 Å². The molecule has 70 valence electrons. The summed E-state index contributed by atoms with van der Waals surface area (Å²) in [5.41, 5.74) is 7.32. The number of hydrogen-bond donors (Lipinski definition) is 3. The van der Waals surface area contributed by atoms with Gasteiger partial charge in [-0.1, -0.05) is 0 Å². The van der Waals surface area contributed by atoms with Crippen molar-refractivity contribution in [1.82, 2.24) is 4.68 Å². The van der Waals surface area contributed by atoms with Gasteiger partial charge in [-0.3, -0.25) is 14.9 Å². The molecular formula is C7H9N3O3. The molecule has 1 amide bonds. The van der Waals surface area contributed by atoms with Crippen LogP contribution in [0, 0.1) is 0 Å². The van der Waals surface area contributed by atoms with Crippen molar-refractivity contribution >= 4 is 11.9 Å². The summed E-state index contributed by atoms with van der Waals surface area (Å²) >= 11 is 0. The first-order chi connectivity index (χ1) is 6.15. The number of amides is 1. The van der Waals surface area contributed by atoms with Gasteiger partial charge in [-0.05, 0) is 12.1 Å². The molecule has 6 heteroatoms. The number of carboxylic acids is 1. The van der Waals surface area contributed by atoms with Crippen molar-refractivity contribution in [1.29, 1.82) is 0 Å². The van der Waals surface area contributed by atoms with Crippen molar-refractivity contribution in [2.75, 3.05) is 12.0 Å². The van der Waals surface area contributed by atoms with Crippen LogP contribution in [0.4, 0.5) is 0 Å². The number of rotatable bonds is 3. The van der Waals surface area contributed by atoms with Crippen molar-refractivity contribution < 1.29 is 14.7 Å². The first-order valence-electron chi connectivity index (χ1n) is 3.55. The van der Waals surface area contributed by atoms with Gasteiger partial charge < -0.3 is 10.8 Å². The van der Waals surface area contributed by atoms with Crippen LogP contribution in [0.3, 0.4) is 0 Å². The van der Waals surface area contributed by atoms with E-state index in [0.29, 0.717) is 0 Å². The maximum absolute atomic E-state index is 10.8. The summed E-state index contributed by atoms with van der Waals surface area (Å²) in [6, 6.07) is 2.89. The summed E-state index contributed by atoms with van der Waals surface area (Å²) in [6.07, 6.45) is 1.43. The predicted octanol–water partition coefficient (Wildman–Crippen LogP) is -0.785. The molecule has 1 aromatic heterocycles. The van der Waals surface area contributed by atoms with Crippen LogP contribution in [0.2, 0.25) is 0 Å². The van der Waals surface area contributed by atoms with Crippen LogP contribution < -0.4 is 11.2 Å². The number of hydrogen-bond acceptors (Lipinski definition) is 3. The van der Waals surface area contributed by atoms with E-state index in [2.05, 4.69) is 5.43 Å². The minimum absolute atomic E-state index is 0.0122. The Hall–Kier alpha value is -1.82. The molecule has 0 unspecified atom stereocenters. The number of carbonyl (C=O) groups excluding carboxylic acids is 1. The molecule has 0 aliphatic carbocycles. The van der Waals surface area contributed by atoms with Gasteiger partial charge in [-0.15, -0.1) is 0 Å². The molecule has 13 heavy (non-hydrogen) atoms. The van der Waals surface area contributed by atoms with Crippen molar-refractivity contribution in [2.24, 2.45) is 5.73 Å².